The van der Waals surface area contributed by atoms with Crippen molar-refractivity contribution in [3.8, 4) is 10.6 Å². The molecule has 2 aromatic heterocycles. The number of amides is 1. The van der Waals surface area contributed by atoms with Gasteiger partial charge < -0.3 is 5.32 Å². The quantitative estimate of drug-likeness (QED) is 0.328. The van der Waals surface area contributed by atoms with E-state index in [2.05, 4.69) is 25.9 Å². The van der Waals surface area contributed by atoms with Crippen molar-refractivity contribution in [1.82, 2.24) is 25.1 Å². The average molecular weight is 493 g/mol. The van der Waals surface area contributed by atoms with Crippen LogP contribution in [0.15, 0.2) is 54.6 Å². The van der Waals surface area contributed by atoms with Crippen LogP contribution in [-0.2, 0) is 0 Å². The summed E-state index contributed by atoms with van der Waals surface area (Å²) in [5, 5.41) is 21.8. The maximum atomic E-state index is 12.9. The molecule has 2 heterocycles. The van der Waals surface area contributed by atoms with Gasteiger partial charge in [0.1, 0.15) is 5.01 Å². The van der Waals surface area contributed by atoms with Gasteiger partial charge in [0.15, 0.2) is 10.9 Å². The molecule has 0 saturated carbocycles. The second-order valence-electron chi connectivity index (χ2n) is 7.43. The first-order valence-electron chi connectivity index (χ1n) is 10.00. The molecule has 1 amide bonds. The number of benzene rings is 3. The Morgan fingerprint density at radius 3 is 2.67 bits per heavy atom. The summed E-state index contributed by atoms with van der Waals surface area (Å²) in [5.74, 6) is 0.426. The maximum Gasteiger partial charge on any atom is 0.258 e. The molecule has 33 heavy (non-hydrogen) atoms. The number of aryl methyl sites for hydroxylation is 2. The minimum atomic E-state index is -0.307. The highest BCUT2D eigenvalue weighted by Crippen LogP contribution is 2.29. The van der Waals surface area contributed by atoms with E-state index in [0.29, 0.717) is 10.6 Å². The second kappa shape index (κ2) is 8.51. The molecule has 0 saturated heterocycles. The van der Waals surface area contributed by atoms with Crippen LogP contribution in [0.5, 0.6) is 0 Å². The Bertz CT molecular complexity index is 1560. The summed E-state index contributed by atoms with van der Waals surface area (Å²) in [6.07, 6.45) is 0. The van der Waals surface area contributed by atoms with Crippen molar-refractivity contribution in [1.29, 1.82) is 0 Å². The van der Waals surface area contributed by atoms with Crippen molar-refractivity contribution in [3.05, 3.63) is 76.6 Å². The zero-order valence-electron chi connectivity index (χ0n) is 17.6. The average Bonchev–Trinajstić information content (AvgIpc) is 3.37. The van der Waals surface area contributed by atoms with Crippen LogP contribution in [-0.4, -0.2) is 30.8 Å². The van der Waals surface area contributed by atoms with Gasteiger partial charge in [0, 0.05) is 27.2 Å². The molecule has 0 fully saturated rings. The molecule has 7 nitrogen and oxygen atoms in total. The summed E-state index contributed by atoms with van der Waals surface area (Å²) in [6.45, 7) is 3.82. The summed E-state index contributed by atoms with van der Waals surface area (Å²) < 4.78 is 1.72. The van der Waals surface area contributed by atoms with Gasteiger partial charge in [-0.1, -0.05) is 59.3 Å². The first kappa shape index (κ1) is 21.4. The molecular weight excluding hydrogens is 476 g/mol. The monoisotopic (exact) mass is 492 g/mol. The van der Waals surface area contributed by atoms with Crippen LogP contribution < -0.4 is 10.6 Å². The van der Waals surface area contributed by atoms with Crippen LogP contribution in [0.25, 0.3) is 26.3 Å². The molecule has 10 heteroatoms. The van der Waals surface area contributed by atoms with Crippen LogP contribution in [0.1, 0.15) is 21.7 Å². The Balaban J connectivity index is 1.37. The summed E-state index contributed by atoms with van der Waals surface area (Å²) in [6, 6.07) is 16.8. The van der Waals surface area contributed by atoms with E-state index >= 15 is 0 Å². The van der Waals surface area contributed by atoms with Gasteiger partial charge in [-0.2, -0.15) is 9.61 Å². The number of hydrogen-bond donors (Lipinski definition) is 2. The first-order chi connectivity index (χ1) is 15.9. The molecule has 0 aliphatic rings. The van der Waals surface area contributed by atoms with Crippen LogP contribution in [0, 0.1) is 13.8 Å². The number of nitrogens with one attached hydrogen (secondary N) is 2. The normalized spacial score (nSPS) is 11.1. The van der Waals surface area contributed by atoms with Crippen LogP contribution in [0.2, 0.25) is 5.02 Å². The predicted molar refractivity (Wildman–Crippen MR) is 136 cm³/mol. The number of rotatable bonds is 3. The molecular formula is C23H17ClN6OS2. The van der Waals surface area contributed by atoms with E-state index in [1.54, 1.807) is 22.7 Å². The highest BCUT2D eigenvalue weighted by Gasteiger charge is 2.15. The number of carbonyl (C=O) groups is 1. The van der Waals surface area contributed by atoms with E-state index < -0.39 is 0 Å². The third-order valence-electron chi connectivity index (χ3n) is 5.22. The molecule has 0 bridgehead atoms. The van der Waals surface area contributed by atoms with Gasteiger partial charge in [-0.25, -0.2) is 0 Å². The molecule has 0 spiro atoms. The van der Waals surface area contributed by atoms with Gasteiger partial charge in [-0.15, -0.1) is 10.2 Å². The molecule has 0 radical (unpaired) electrons. The number of aromatic nitrogens is 4. The molecule has 0 aliphatic heterocycles. The number of halogens is 1. The SMILES string of the molecule is Cc1ccc(-c2nn3c(C)nnc3s2)cc1NC(=S)NC(=O)c1cccc2c(Cl)cccc12. The fraction of sp³-hybridized carbons (Fsp3) is 0.0870. The van der Waals surface area contributed by atoms with Crippen molar-refractivity contribution in [3.63, 3.8) is 0 Å². The zero-order chi connectivity index (χ0) is 23.1. The largest absolute Gasteiger partial charge is 0.332 e. The van der Waals surface area contributed by atoms with Gasteiger partial charge in [-0.3, -0.25) is 10.1 Å². The molecule has 5 rings (SSSR count). The lowest BCUT2D eigenvalue weighted by molar-refractivity contribution is 0.0979. The Hall–Kier alpha value is -3.40. The number of anilines is 1. The van der Waals surface area contributed by atoms with Gasteiger partial charge >= 0.3 is 0 Å². The molecule has 0 unspecified atom stereocenters. The summed E-state index contributed by atoms with van der Waals surface area (Å²) in [4.78, 5) is 13.7. The van der Waals surface area contributed by atoms with Crippen LogP contribution in [0.3, 0.4) is 0 Å². The fourth-order valence-corrected chi connectivity index (χ4v) is 4.84. The van der Waals surface area contributed by atoms with E-state index in [1.807, 2.05) is 50.2 Å². The van der Waals surface area contributed by atoms with Crippen molar-refractivity contribution in [2.24, 2.45) is 0 Å². The molecule has 0 aliphatic carbocycles. The van der Waals surface area contributed by atoms with Crippen LogP contribution >= 0.6 is 35.2 Å². The van der Waals surface area contributed by atoms with Gasteiger partial charge in [0.25, 0.3) is 5.91 Å². The highest BCUT2D eigenvalue weighted by molar-refractivity contribution is 7.80. The number of carbonyl (C=O) groups excluding carboxylic acids is 1. The van der Waals surface area contributed by atoms with Gasteiger partial charge in [0.2, 0.25) is 4.96 Å². The predicted octanol–water partition coefficient (Wildman–Crippen LogP) is 5.40. The standard InChI is InChI=1S/C23H17ClN6OS2/c1-12-9-10-14(21-29-30-13(2)27-28-23(30)33-21)11-19(12)25-22(32)26-20(31)17-7-3-6-16-15(17)5-4-8-18(16)24/h3-11H,1-2H3,(H2,25,26,31,32). The Morgan fingerprint density at radius 2 is 1.85 bits per heavy atom. The van der Waals surface area contributed by atoms with E-state index in [9.17, 15) is 4.79 Å². The third kappa shape index (κ3) is 4.06. The Kier molecular flexibility index (Phi) is 5.53. The van der Waals surface area contributed by atoms with E-state index in [0.717, 1.165) is 43.4 Å². The molecule has 164 valence electrons. The lowest BCUT2D eigenvalue weighted by Crippen LogP contribution is -2.34. The Labute approximate surface area is 203 Å². The number of fused-ring (bicyclic) bond motifs is 2. The van der Waals surface area contributed by atoms with Crippen molar-refractivity contribution in [2.75, 3.05) is 5.32 Å². The van der Waals surface area contributed by atoms with E-state index in [-0.39, 0.29) is 11.0 Å². The topological polar surface area (TPSA) is 84.2 Å². The van der Waals surface area contributed by atoms with Crippen molar-refractivity contribution < 1.29 is 4.79 Å². The maximum absolute atomic E-state index is 12.9. The van der Waals surface area contributed by atoms with E-state index in [4.69, 9.17) is 23.8 Å². The summed E-state index contributed by atoms with van der Waals surface area (Å²) >= 11 is 13.2. The van der Waals surface area contributed by atoms with Crippen molar-refractivity contribution >= 4 is 67.6 Å². The van der Waals surface area contributed by atoms with Crippen molar-refractivity contribution in [2.45, 2.75) is 13.8 Å². The summed E-state index contributed by atoms with van der Waals surface area (Å²) in [7, 11) is 0. The fourth-order valence-electron chi connectivity index (χ4n) is 3.51. The zero-order valence-corrected chi connectivity index (χ0v) is 20.0. The molecule has 3 aromatic carbocycles. The molecule has 2 N–H and O–H groups in total. The van der Waals surface area contributed by atoms with Gasteiger partial charge in [-0.05, 0) is 55.2 Å². The summed E-state index contributed by atoms with van der Waals surface area (Å²) in [5.41, 5.74) is 3.17. The minimum absolute atomic E-state index is 0.202. The number of nitrogens with zero attached hydrogens (tertiary/aromatic N) is 4. The molecule has 5 aromatic rings. The molecule has 0 atom stereocenters. The first-order valence-corrected chi connectivity index (χ1v) is 11.6. The Morgan fingerprint density at radius 1 is 1.06 bits per heavy atom. The van der Waals surface area contributed by atoms with Crippen LogP contribution in [0.4, 0.5) is 5.69 Å². The smallest absolute Gasteiger partial charge is 0.258 e. The second-order valence-corrected chi connectivity index (χ2v) is 9.20. The number of thiocarbonyl (C=S) groups is 1. The highest BCUT2D eigenvalue weighted by atomic mass is 35.5. The van der Waals surface area contributed by atoms with E-state index in [1.165, 1.54) is 11.3 Å². The van der Waals surface area contributed by atoms with Gasteiger partial charge in [0.05, 0.1) is 0 Å². The third-order valence-corrected chi connectivity index (χ3v) is 6.70. The lowest BCUT2D eigenvalue weighted by atomic mass is 10.0. The lowest BCUT2D eigenvalue weighted by Gasteiger charge is -2.13. The number of hydrogen-bond acceptors (Lipinski definition) is 6. The minimum Gasteiger partial charge on any atom is -0.332 e.